The van der Waals surface area contributed by atoms with Crippen molar-refractivity contribution in [3.05, 3.63) is 18.0 Å². The van der Waals surface area contributed by atoms with Crippen molar-refractivity contribution in [2.45, 2.75) is 64.7 Å². The van der Waals surface area contributed by atoms with E-state index in [0.717, 1.165) is 38.4 Å². The normalized spacial score (nSPS) is 23.7. The first-order valence-corrected chi connectivity index (χ1v) is 9.20. The van der Waals surface area contributed by atoms with Crippen molar-refractivity contribution in [1.82, 2.24) is 20.0 Å². The van der Waals surface area contributed by atoms with E-state index < -0.39 is 5.97 Å². The summed E-state index contributed by atoms with van der Waals surface area (Å²) in [6.45, 7) is 7.34. The van der Waals surface area contributed by atoms with Crippen molar-refractivity contribution in [3.63, 3.8) is 0 Å². The van der Waals surface area contributed by atoms with Crippen LogP contribution in [0.4, 0.5) is 0 Å². The van der Waals surface area contributed by atoms with Crippen LogP contribution in [0.1, 0.15) is 45.1 Å². The molecule has 0 amide bonds. The van der Waals surface area contributed by atoms with Crippen molar-refractivity contribution < 1.29 is 9.90 Å². The number of rotatable bonds is 10. The Kier molecular flexibility index (Phi) is 5.56. The van der Waals surface area contributed by atoms with Gasteiger partial charge in [-0.3, -0.25) is 14.4 Å². The molecule has 24 heavy (non-hydrogen) atoms. The van der Waals surface area contributed by atoms with Gasteiger partial charge in [-0.1, -0.05) is 13.8 Å². The van der Waals surface area contributed by atoms with Gasteiger partial charge < -0.3 is 10.4 Å². The van der Waals surface area contributed by atoms with Crippen LogP contribution in [0.15, 0.2) is 12.4 Å². The maximum Gasteiger partial charge on any atom is 0.317 e. The summed E-state index contributed by atoms with van der Waals surface area (Å²) >= 11 is 0. The number of hydrogen-bond donors (Lipinski definition) is 2. The maximum atomic E-state index is 11.1. The quantitative estimate of drug-likeness (QED) is 0.684. The fourth-order valence-electron chi connectivity index (χ4n) is 3.43. The number of aromatic nitrogens is 2. The van der Waals surface area contributed by atoms with Gasteiger partial charge in [-0.2, -0.15) is 5.10 Å². The van der Waals surface area contributed by atoms with Crippen molar-refractivity contribution >= 4 is 5.97 Å². The third kappa shape index (κ3) is 5.05. The average Bonchev–Trinajstić information content (AvgIpc) is 3.14. The maximum absolute atomic E-state index is 11.1. The SMILES string of the molecule is CC(C)Cn1cc(CNC2CC(N(CC(=O)O)CC3CC3)C2)cn1. The Bertz CT molecular complexity index is 547. The number of carboxylic acid groups (broad SMARTS) is 1. The molecule has 0 aromatic carbocycles. The van der Waals surface area contributed by atoms with Crippen molar-refractivity contribution in [3.8, 4) is 0 Å². The number of carbonyl (C=O) groups is 1. The van der Waals surface area contributed by atoms with E-state index in [4.69, 9.17) is 5.11 Å². The first-order valence-electron chi connectivity index (χ1n) is 9.20. The van der Waals surface area contributed by atoms with Gasteiger partial charge in [0, 0.05) is 43.5 Å². The molecule has 6 nitrogen and oxygen atoms in total. The Hall–Kier alpha value is -1.40. The molecule has 2 aliphatic carbocycles. The molecule has 2 N–H and O–H groups in total. The highest BCUT2D eigenvalue weighted by atomic mass is 16.4. The smallest absolute Gasteiger partial charge is 0.317 e. The number of nitrogens with one attached hydrogen (secondary N) is 1. The predicted octanol–water partition coefficient (Wildman–Crippen LogP) is 1.96. The third-order valence-corrected chi connectivity index (χ3v) is 4.99. The summed E-state index contributed by atoms with van der Waals surface area (Å²) in [6.07, 6.45) is 8.71. The lowest BCUT2D eigenvalue weighted by Gasteiger charge is -2.43. The van der Waals surface area contributed by atoms with Crippen LogP contribution >= 0.6 is 0 Å². The Labute approximate surface area is 144 Å². The Morgan fingerprint density at radius 3 is 2.83 bits per heavy atom. The van der Waals surface area contributed by atoms with Gasteiger partial charge in [-0.15, -0.1) is 0 Å². The zero-order chi connectivity index (χ0) is 17.1. The van der Waals surface area contributed by atoms with Gasteiger partial charge in [0.1, 0.15) is 0 Å². The summed E-state index contributed by atoms with van der Waals surface area (Å²) in [4.78, 5) is 13.2. The Morgan fingerprint density at radius 1 is 1.46 bits per heavy atom. The first kappa shape index (κ1) is 17.4. The van der Waals surface area contributed by atoms with E-state index in [1.165, 1.54) is 18.4 Å². The van der Waals surface area contributed by atoms with Crippen molar-refractivity contribution in [2.75, 3.05) is 13.1 Å². The van der Waals surface area contributed by atoms with E-state index in [-0.39, 0.29) is 6.54 Å². The summed E-state index contributed by atoms with van der Waals surface area (Å²) in [5.41, 5.74) is 1.22. The Balaban J connectivity index is 1.39. The first-order chi connectivity index (χ1) is 11.5. The minimum Gasteiger partial charge on any atom is -0.480 e. The van der Waals surface area contributed by atoms with Crippen molar-refractivity contribution in [2.24, 2.45) is 11.8 Å². The molecule has 0 spiro atoms. The third-order valence-electron chi connectivity index (χ3n) is 4.99. The zero-order valence-corrected chi connectivity index (χ0v) is 14.8. The molecular weight excluding hydrogens is 304 g/mol. The minimum absolute atomic E-state index is 0.190. The second-order valence-electron chi connectivity index (χ2n) is 7.93. The number of aliphatic carboxylic acids is 1. The average molecular weight is 334 g/mol. The largest absolute Gasteiger partial charge is 0.480 e. The molecule has 2 aliphatic rings. The summed E-state index contributed by atoms with van der Waals surface area (Å²) < 4.78 is 2.01. The van der Waals surface area contributed by atoms with E-state index in [0.29, 0.717) is 18.0 Å². The summed E-state index contributed by atoms with van der Waals surface area (Å²) in [7, 11) is 0. The van der Waals surface area contributed by atoms with Gasteiger partial charge >= 0.3 is 5.97 Å². The van der Waals surface area contributed by atoms with Gasteiger partial charge in [-0.05, 0) is 37.5 Å². The molecule has 2 fully saturated rings. The summed E-state index contributed by atoms with van der Waals surface area (Å²) in [6, 6.07) is 0.932. The molecule has 2 saturated carbocycles. The van der Waals surface area contributed by atoms with E-state index in [9.17, 15) is 4.79 Å². The van der Waals surface area contributed by atoms with E-state index in [1.54, 1.807) is 0 Å². The molecule has 0 aliphatic heterocycles. The fraction of sp³-hybridized carbons (Fsp3) is 0.778. The lowest BCUT2D eigenvalue weighted by atomic mass is 9.85. The van der Waals surface area contributed by atoms with Crippen LogP contribution in [0.25, 0.3) is 0 Å². The molecule has 0 atom stereocenters. The zero-order valence-electron chi connectivity index (χ0n) is 14.8. The van der Waals surface area contributed by atoms with Gasteiger partial charge in [0.05, 0.1) is 12.7 Å². The van der Waals surface area contributed by atoms with Crippen LogP contribution in [-0.2, 0) is 17.9 Å². The molecule has 1 aromatic rings. The fourth-order valence-corrected chi connectivity index (χ4v) is 3.43. The van der Waals surface area contributed by atoms with Crippen LogP contribution in [0.2, 0.25) is 0 Å². The van der Waals surface area contributed by atoms with Crippen LogP contribution in [0.3, 0.4) is 0 Å². The van der Waals surface area contributed by atoms with Gasteiger partial charge in [-0.25, -0.2) is 0 Å². The molecule has 134 valence electrons. The molecule has 0 bridgehead atoms. The van der Waals surface area contributed by atoms with E-state index >= 15 is 0 Å². The number of hydrogen-bond acceptors (Lipinski definition) is 4. The van der Waals surface area contributed by atoms with Crippen molar-refractivity contribution in [1.29, 1.82) is 0 Å². The minimum atomic E-state index is -0.704. The van der Waals surface area contributed by atoms with Crippen LogP contribution < -0.4 is 5.32 Å². The lowest BCUT2D eigenvalue weighted by molar-refractivity contribution is -0.139. The molecule has 0 saturated heterocycles. The summed E-state index contributed by atoms with van der Waals surface area (Å²) in [5, 5.41) is 17.1. The molecule has 0 radical (unpaired) electrons. The van der Waals surface area contributed by atoms with Crippen LogP contribution in [0.5, 0.6) is 0 Å². The van der Waals surface area contributed by atoms with E-state index in [1.807, 2.05) is 10.9 Å². The molecule has 0 unspecified atom stereocenters. The van der Waals surface area contributed by atoms with Gasteiger partial charge in [0.15, 0.2) is 0 Å². The number of nitrogens with zero attached hydrogens (tertiary/aromatic N) is 3. The van der Waals surface area contributed by atoms with Gasteiger partial charge in [0.2, 0.25) is 0 Å². The summed E-state index contributed by atoms with van der Waals surface area (Å²) in [5.74, 6) is 0.637. The molecule has 1 heterocycles. The second-order valence-corrected chi connectivity index (χ2v) is 7.93. The second kappa shape index (κ2) is 7.66. The van der Waals surface area contributed by atoms with Crippen LogP contribution in [0, 0.1) is 11.8 Å². The highest BCUT2D eigenvalue weighted by Crippen LogP contribution is 2.33. The molecule has 3 rings (SSSR count). The topological polar surface area (TPSA) is 70.4 Å². The van der Waals surface area contributed by atoms with E-state index in [2.05, 4.69) is 35.4 Å². The predicted molar refractivity (Wildman–Crippen MR) is 92.6 cm³/mol. The van der Waals surface area contributed by atoms with Gasteiger partial charge in [0.25, 0.3) is 0 Å². The number of carboxylic acids is 1. The molecule has 1 aromatic heterocycles. The highest BCUT2D eigenvalue weighted by Gasteiger charge is 2.36. The standard InChI is InChI=1S/C18H30N4O2/c1-13(2)9-22-11-15(8-20-22)7-19-16-5-17(6-16)21(12-18(23)24)10-14-3-4-14/h8,11,13-14,16-17,19H,3-7,9-10,12H2,1-2H3,(H,23,24). The Morgan fingerprint density at radius 2 is 2.21 bits per heavy atom. The van der Waals surface area contributed by atoms with Crippen LogP contribution in [-0.4, -0.2) is 50.9 Å². The molecular formula is C18H30N4O2. The highest BCUT2D eigenvalue weighted by molar-refractivity contribution is 5.69. The lowest BCUT2D eigenvalue weighted by Crippen LogP contribution is -2.54. The molecule has 6 heteroatoms. The monoisotopic (exact) mass is 334 g/mol.